The SMILES string of the molecule is CCCCCCCC/C=C\CCCCCCC(C(=O)O)C(=O)O.O=CO.c1ccccc1. The first-order valence-corrected chi connectivity index (χ1v) is 11.7. The van der Waals surface area contributed by atoms with E-state index in [-0.39, 0.29) is 12.9 Å². The van der Waals surface area contributed by atoms with Crippen LogP contribution >= 0.6 is 0 Å². The molecule has 0 aliphatic rings. The third-order valence-electron chi connectivity index (χ3n) is 4.77. The molecule has 0 saturated heterocycles. The van der Waals surface area contributed by atoms with Crippen LogP contribution in [0.15, 0.2) is 48.6 Å². The number of carboxylic acids is 2. The topological polar surface area (TPSA) is 112 Å². The van der Waals surface area contributed by atoms with Gasteiger partial charge in [-0.3, -0.25) is 14.4 Å². The van der Waals surface area contributed by atoms with Crippen molar-refractivity contribution in [3.05, 3.63) is 48.6 Å². The quantitative estimate of drug-likeness (QED) is 0.110. The zero-order valence-corrected chi connectivity index (χ0v) is 19.5. The van der Waals surface area contributed by atoms with E-state index in [1.165, 1.54) is 44.9 Å². The zero-order chi connectivity index (χ0) is 24.3. The van der Waals surface area contributed by atoms with E-state index in [1.54, 1.807) is 0 Å². The van der Waals surface area contributed by atoms with Crippen molar-refractivity contribution in [1.29, 1.82) is 0 Å². The molecule has 0 bridgehead atoms. The average molecular weight is 451 g/mol. The van der Waals surface area contributed by atoms with Crippen LogP contribution in [0.5, 0.6) is 0 Å². The number of carbonyl (C=O) groups is 3. The molecule has 0 spiro atoms. The Kier molecular flexibility index (Phi) is 26.0. The number of rotatable bonds is 16. The van der Waals surface area contributed by atoms with Crippen molar-refractivity contribution < 1.29 is 29.7 Å². The number of aliphatic carboxylic acids is 2. The molecule has 0 aliphatic heterocycles. The van der Waals surface area contributed by atoms with Crippen molar-refractivity contribution in [2.45, 2.75) is 90.4 Å². The van der Waals surface area contributed by atoms with E-state index in [4.69, 9.17) is 20.1 Å². The molecular formula is C26H42O6. The maximum Gasteiger partial charge on any atom is 0.317 e. The maximum absolute atomic E-state index is 10.7. The van der Waals surface area contributed by atoms with Gasteiger partial charge < -0.3 is 15.3 Å². The highest BCUT2D eigenvalue weighted by Crippen LogP contribution is 2.13. The Bertz CT molecular complexity index is 530. The molecule has 1 aromatic carbocycles. The predicted octanol–water partition coefficient (Wildman–Crippen LogP) is 6.81. The third kappa shape index (κ3) is 25.4. The highest BCUT2D eigenvalue weighted by atomic mass is 16.4. The molecule has 0 aliphatic carbocycles. The summed E-state index contributed by atoms with van der Waals surface area (Å²) in [6.07, 6.45) is 18.7. The van der Waals surface area contributed by atoms with Gasteiger partial charge in [-0.25, -0.2) is 0 Å². The molecule has 0 amide bonds. The van der Waals surface area contributed by atoms with E-state index >= 15 is 0 Å². The van der Waals surface area contributed by atoms with E-state index in [0.717, 1.165) is 25.7 Å². The lowest BCUT2D eigenvalue weighted by Crippen LogP contribution is -2.23. The Labute approximate surface area is 193 Å². The van der Waals surface area contributed by atoms with Crippen LogP contribution in [0.4, 0.5) is 0 Å². The van der Waals surface area contributed by atoms with Gasteiger partial charge >= 0.3 is 11.9 Å². The summed E-state index contributed by atoms with van der Waals surface area (Å²) in [5, 5.41) is 24.4. The summed E-state index contributed by atoms with van der Waals surface area (Å²) in [7, 11) is 0. The summed E-state index contributed by atoms with van der Waals surface area (Å²) in [6, 6.07) is 12.0. The zero-order valence-electron chi connectivity index (χ0n) is 19.5. The lowest BCUT2D eigenvalue weighted by atomic mass is 10.0. The summed E-state index contributed by atoms with van der Waals surface area (Å²) < 4.78 is 0. The first-order valence-electron chi connectivity index (χ1n) is 11.7. The van der Waals surface area contributed by atoms with E-state index in [2.05, 4.69) is 19.1 Å². The minimum Gasteiger partial charge on any atom is -0.483 e. The van der Waals surface area contributed by atoms with Gasteiger partial charge in [0, 0.05) is 0 Å². The largest absolute Gasteiger partial charge is 0.483 e. The Balaban J connectivity index is 0. The lowest BCUT2D eigenvalue weighted by Gasteiger charge is -2.06. The second-order valence-electron chi connectivity index (χ2n) is 7.51. The molecule has 0 radical (unpaired) electrons. The fourth-order valence-corrected chi connectivity index (χ4v) is 2.98. The summed E-state index contributed by atoms with van der Waals surface area (Å²) in [5.41, 5.74) is 0. The molecule has 0 heterocycles. The highest BCUT2D eigenvalue weighted by Gasteiger charge is 2.24. The Morgan fingerprint density at radius 2 is 1.03 bits per heavy atom. The number of hydrogen-bond donors (Lipinski definition) is 3. The molecule has 0 fully saturated rings. The van der Waals surface area contributed by atoms with Crippen molar-refractivity contribution in [3.8, 4) is 0 Å². The van der Waals surface area contributed by atoms with Crippen molar-refractivity contribution in [1.82, 2.24) is 0 Å². The summed E-state index contributed by atoms with van der Waals surface area (Å²) in [5.74, 6) is -3.70. The minimum absolute atomic E-state index is 0.235. The van der Waals surface area contributed by atoms with Gasteiger partial charge in [0.15, 0.2) is 5.92 Å². The van der Waals surface area contributed by atoms with Gasteiger partial charge in [-0.1, -0.05) is 107 Å². The van der Waals surface area contributed by atoms with Crippen LogP contribution < -0.4 is 0 Å². The molecular weight excluding hydrogens is 408 g/mol. The third-order valence-corrected chi connectivity index (χ3v) is 4.77. The average Bonchev–Trinajstić information content (AvgIpc) is 2.78. The molecule has 1 aromatic rings. The summed E-state index contributed by atoms with van der Waals surface area (Å²) in [4.78, 5) is 29.8. The lowest BCUT2D eigenvalue weighted by molar-refractivity contribution is -0.154. The van der Waals surface area contributed by atoms with Crippen molar-refractivity contribution in [3.63, 3.8) is 0 Å². The second-order valence-corrected chi connectivity index (χ2v) is 7.51. The van der Waals surface area contributed by atoms with Crippen LogP contribution in [-0.4, -0.2) is 33.7 Å². The number of carboxylic acid groups (broad SMARTS) is 3. The maximum atomic E-state index is 10.7. The van der Waals surface area contributed by atoms with Gasteiger partial charge in [0.05, 0.1) is 0 Å². The number of unbranched alkanes of at least 4 members (excludes halogenated alkanes) is 10. The summed E-state index contributed by atoms with van der Waals surface area (Å²) >= 11 is 0. The van der Waals surface area contributed by atoms with Crippen LogP contribution in [0.1, 0.15) is 90.4 Å². The van der Waals surface area contributed by atoms with Crippen LogP contribution in [0.25, 0.3) is 0 Å². The number of benzene rings is 1. The molecule has 0 aromatic heterocycles. The molecule has 32 heavy (non-hydrogen) atoms. The summed E-state index contributed by atoms with van der Waals surface area (Å²) in [6.45, 7) is 1.99. The highest BCUT2D eigenvalue weighted by molar-refractivity contribution is 5.92. The van der Waals surface area contributed by atoms with Gasteiger partial charge in [0.2, 0.25) is 0 Å². The normalized spacial score (nSPS) is 10.1. The molecule has 1 rings (SSSR count). The molecule has 6 heteroatoms. The molecule has 3 N–H and O–H groups in total. The monoisotopic (exact) mass is 450 g/mol. The smallest absolute Gasteiger partial charge is 0.317 e. The minimum atomic E-state index is -1.24. The van der Waals surface area contributed by atoms with Crippen LogP contribution in [0, 0.1) is 5.92 Å². The van der Waals surface area contributed by atoms with Gasteiger partial charge in [0.25, 0.3) is 6.47 Å². The Morgan fingerprint density at radius 1 is 0.688 bits per heavy atom. The first kappa shape index (κ1) is 31.6. The van der Waals surface area contributed by atoms with Crippen LogP contribution in [0.2, 0.25) is 0 Å². The molecule has 0 saturated carbocycles. The van der Waals surface area contributed by atoms with Crippen molar-refractivity contribution in [2.75, 3.05) is 0 Å². The molecule has 0 unspecified atom stereocenters. The van der Waals surface area contributed by atoms with E-state index in [0.29, 0.717) is 6.42 Å². The standard InChI is InChI=1S/C19H34O4.C6H6.CH2O2/c1-2-3-4-5-6-7-8-9-10-11-12-13-14-15-16-17(18(20)21)19(22)23;1-2-4-6-5-3-1;2-1-3/h9-10,17H,2-8,11-16H2,1H3,(H,20,21)(H,22,23);1-6H;1H,(H,2,3)/b10-9-;;. The number of hydrogen-bond acceptors (Lipinski definition) is 3. The number of allylic oxidation sites excluding steroid dienone is 2. The Morgan fingerprint density at radius 3 is 1.41 bits per heavy atom. The van der Waals surface area contributed by atoms with Crippen LogP contribution in [0.3, 0.4) is 0 Å². The van der Waals surface area contributed by atoms with E-state index < -0.39 is 17.9 Å². The Hall–Kier alpha value is -2.63. The molecule has 0 atom stereocenters. The van der Waals surface area contributed by atoms with Gasteiger partial charge in [-0.15, -0.1) is 0 Å². The van der Waals surface area contributed by atoms with Gasteiger partial charge in [0.1, 0.15) is 0 Å². The van der Waals surface area contributed by atoms with Gasteiger partial charge in [-0.05, 0) is 32.1 Å². The van der Waals surface area contributed by atoms with Crippen molar-refractivity contribution in [2.24, 2.45) is 5.92 Å². The predicted molar refractivity (Wildman–Crippen MR) is 129 cm³/mol. The van der Waals surface area contributed by atoms with Crippen LogP contribution in [-0.2, 0) is 14.4 Å². The first-order chi connectivity index (χ1) is 15.5. The fraction of sp³-hybridized carbons (Fsp3) is 0.577. The fourth-order valence-electron chi connectivity index (χ4n) is 2.98. The van der Waals surface area contributed by atoms with Gasteiger partial charge in [-0.2, -0.15) is 0 Å². The van der Waals surface area contributed by atoms with Crippen molar-refractivity contribution >= 4 is 18.4 Å². The van der Waals surface area contributed by atoms with E-state index in [1.807, 2.05) is 36.4 Å². The molecule has 6 nitrogen and oxygen atoms in total. The van der Waals surface area contributed by atoms with E-state index in [9.17, 15) is 9.59 Å². The molecule has 182 valence electrons. The second kappa shape index (κ2) is 26.4.